The zero-order valence-electron chi connectivity index (χ0n) is 11.8. The lowest BCUT2D eigenvalue weighted by molar-refractivity contribution is -0.898. The normalized spacial score (nSPS) is 10.7. The summed E-state index contributed by atoms with van der Waals surface area (Å²) in [4.78, 5) is 0. The summed E-state index contributed by atoms with van der Waals surface area (Å²) in [7, 11) is 2.30. The molecule has 1 nitrogen and oxygen atoms in total. The van der Waals surface area contributed by atoms with Gasteiger partial charge in [-0.25, -0.2) is 0 Å². The van der Waals surface area contributed by atoms with E-state index in [1.165, 1.54) is 45.1 Å². The highest BCUT2D eigenvalue weighted by molar-refractivity contribution is 4.70. The summed E-state index contributed by atoms with van der Waals surface area (Å²) in [5, 5.41) is 0. The quantitative estimate of drug-likeness (QED) is 0.227. The molecular formula is C15H30IN. The number of hydrogen-bond acceptors (Lipinski definition) is 0. The van der Waals surface area contributed by atoms with E-state index < -0.39 is 0 Å². The highest BCUT2D eigenvalue weighted by Gasteiger charge is 2.16. The van der Waals surface area contributed by atoms with Gasteiger partial charge >= 0.3 is 0 Å². The summed E-state index contributed by atoms with van der Waals surface area (Å²) in [5.74, 6) is 0. The van der Waals surface area contributed by atoms with E-state index in [9.17, 15) is 0 Å². The molecule has 0 saturated heterocycles. The number of rotatable bonds is 11. The van der Waals surface area contributed by atoms with Crippen molar-refractivity contribution in [1.82, 2.24) is 0 Å². The van der Waals surface area contributed by atoms with Gasteiger partial charge in [0.15, 0.2) is 0 Å². The zero-order valence-corrected chi connectivity index (χ0v) is 13.9. The molecule has 0 atom stereocenters. The monoisotopic (exact) mass is 351 g/mol. The van der Waals surface area contributed by atoms with Gasteiger partial charge in [0.2, 0.25) is 0 Å². The lowest BCUT2D eigenvalue weighted by atomic mass is 10.1. The molecule has 0 rings (SSSR count). The summed E-state index contributed by atoms with van der Waals surface area (Å²) in [5.41, 5.74) is 0. The first-order chi connectivity index (χ1) is 7.68. The lowest BCUT2D eigenvalue weighted by Crippen LogP contribution is -3.00. The number of nitrogens with zero attached hydrogens (tertiary/aromatic N) is 1. The molecule has 17 heavy (non-hydrogen) atoms. The predicted octanol–water partition coefficient (Wildman–Crippen LogP) is 1.17. The van der Waals surface area contributed by atoms with E-state index >= 15 is 0 Å². The molecule has 0 aliphatic rings. The van der Waals surface area contributed by atoms with Crippen LogP contribution in [-0.2, 0) is 0 Å². The van der Waals surface area contributed by atoms with E-state index in [-0.39, 0.29) is 24.0 Å². The van der Waals surface area contributed by atoms with Crippen LogP contribution in [0.25, 0.3) is 0 Å². The standard InChI is InChI=1S/C15H30N.HI/c1-5-8-9-10-11-12-15-16(4,13-6-2)14-7-3;/h6-7H,2-3,5,8-15H2,1,4H3;1H/q+1;/p-1. The molecule has 0 N–H and O–H groups in total. The molecule has 102 valence electrons. The molecule has 0 spiro atoms. The fourth-order valence-electron chi connectivity index (χ4n) is 2.15. The van der Waals surface area contributed by atoms with Crippen molar-refractivity contribution in [2.45, 2.75) is 45.4 Å². The molecule has 0 aliphatic carbocycles. The second kappa shape index (κ2) is 12.6. The van der Waals surface area contributed by atoms with E-state index in [2.05, 4.69) is 27.1 Å². The molecule has 0 aromatic carbocycles. The van der Waals surface area contributed by atoms with Crippen LogP contribution in [0.4, 0.5) is 0 Å². The summed E-state index contributed by atoms with van der Waals surface area (Å²) < 4.78 is 1.07. The Bertz CT molecular complexity index is 179. The minimum Gasteiger partial charge on any atom is -1.00 e. The van der Waals surface area contributed by atoms with Crippen LogP contribution in [0.15, 0.2) is 25.3 Å². The van der Waals surface area contributed by atoms with E-state index in [1.807, 2.05) is 12.2 Å². The molecule has 0 heterocycles. The van der Waals surface area contributed by atoms with Gasteiger partial charge in [-0.1, -0.05) is 45.8 Å². The molecule has 0 bridgehead atoms. The fraction of sp³-hybridized carbons (Fsp3) is 0.733. The van der Waals surface area contributed by atoms with Gasteiger partial charge in [0, 0.05) is 0 Å². The Labute approximate surface area is 126 Å². The number of halogens is 1. The van der Waals surface area contributed by atoms with Crippen LogP contribution in [0.5, 0.6) is 0 Å². The maximum atomic E-state index is 3.85. The van der Waals surface area contributed by atoms with Crippen LogP contribution < -0.4 is 24.0 Å². The Morgan fingerprint density at radius 3 is 1.82 bits per heavy atom. The van der Waals surface area contributed by atoms with Crippen molar-refractivity contribution in [3.05, 3.63) is 25.3 Å². The van der Waals surface area contributed by atoms with Crippen molar-refractivity contribution < 1.29 is 28.5 Å². The number of unbranched alkanes of at least 4 members (excludes halogenated alkanes) is 5. The first-order valence-corrected chi connectivity index (χ1v) is 6.74. The number of likely N-dealkylation sites (N-methyl/N-ethyl adjacent to an activating group) is 1. The fourth-order valence-corrected chi connectivity index (χ4v) is 2.15. The van der Waals surface area contributed by atoms with Crippen LogP contribution in [0.1, 0.15) is 45.4 Å². The third-order valence-electron chi connectivity index (χ3n) is 3.19. The SMILES string of the molecule is C=CC[N+](C)(CC=C)CCCCCCCC.[I-]. The van der Waals surface area contributed by atoms with E-state index in [4.69, 9.17) is 0 Å². The molecule has 0 aromatic heterocycles. The van der Waals surface area contributed by atoms with Crippen molar-refractivity contribution in [3.63, 3.8) is 0 Å². The Hall–Kier alpha value is 0.170. The number of hydrogen-bond donors (Lipinski definition) is 0. The van der Waals surface area contributed by atoms with Crippen LogP contribution in [0, 0.1) is 0 Å². The second-order valence-electron chi connectivity index (χ2n) is 5.05. The Morgan fingerprint density at radius 2 is 1.35 bits per heavy atom. The highest BCUT2D eigenvalue weighted by Crippen LogP contribution is 2.10. The summed E-state index contributed by atoms with van der Waals surface area (Å²) in [6.07, 6.45) is 12.3. The largest absolute Gasteiger partial charge is 1.00 e. The van der Waals surface area contributed by atoms with Crippen LogP contribution in [0.3, 0.4) is 0 Å². The van der Waals surface area contributed by atoms with Crippen LogP contribution in [-0.4, -0.2) is 31.2 Å². The van der Waals surface area contributed by atoms with Gasteiger partial charge in [0.05, 0.1) is 26.7 Å². The molecule has 2 heteroatoms. The highest BCUT2D eigenvalue weighted by atomic mass is 127. The van der Waals surface area contributed by atoms with Crippen molar-refractivity contribution in [2.75, 3.05) is 26.7 Å². The first kappa shape index (κ1) is 19.5. The predicted molar refractivity (Wildman–Crippen MR) is 74.6 cm³/mol. The maximum Gasteiger partial charge on any atom is 0.0971 e. The van der Waals surface area contributed by atoms with Crippen LogP contribution >= 0.6 is 0 Å². The Kier molecular flexibility index (Phi) is 14.5. The summed E-state index contributed by atoms with van der Waals surface area (Å²) in [6, 6.07) is 0. The average Bonchev–Trinajstić information content (AvgIpc) is 2.24. The molecule has 0 unspecified atom stereocenters. The van der Waals surface area contributed by atoms with Crippen LogP contribution in [0.2, 0.25) is 0 Å². The molecule has 0 saturated carbocycles. The van der Waals surface area contributed by atoms with Gasteiger partial charge in [0.25, 0.3) is 0 Å². The molecule has 0 aromatic rings. The third kappa shape index (κ3) is 11.0. The average molecular weight is 351 g/mol. The Balaban J connectivity index is 0. The zero-order chi connectivity index (χ0) is 12.3. The lowest BCUT2D eigenvalue weighted by Gasteiger charge is -2.32. The van der Waals surface area contributed by atoms with Gasteiger partial charge in [-0.05, 0) is 25.0 Å². The van der Waals surface area contributed by atoms with Gasteiger partial charge in [-0.3, -0.25) is 0 Å². The van der Waals surface area contributed by atoms with Crippen molar-refractivity contribution in [2.24, 2.45) is 0 Å². The molecule has 0 fully saturated rings. The molecule has 0 aliphatic heterocycles. The third-order valence-corrected chi connectivity index (χ3v) is 3.19. The smallest absolute Gasteiger partial charge is 0.0971 e. The second-order valence-corrected chi connectivity index (χ2v) is 5.05. The molecule has 0 amide bonds. The van der Waals surface area contributed by atoms with E-state index in [0.29, 0.717) is 0 Å². The van der Waals surface area contributed by atoms with Gasteiger partial charge in [0.1, 0.15) is 0 Å². The van der Waals surface area contributed by atoms with Gasteiger partial charge in [-0.2, -0.15) is 0 Å². The minimum atomic E-state index is 0. The summed E-state index contributed by atoms with van der Waals surface area (Å²) in [6.45, 7) is 13.3. The van der Waals surface area contributed by atoms with Gasteiger partial charge in [-0.15, -0.1) is 0 Å². The van der Waals surface area contributed by atoms with E-state index in [1.54, 1.807) is 0 Å². The van der Waals surface area contributed by atoms with E-state index in [0.717, 1.165) is 17.6 Å². The molecule has 0 radical (unpaired) electrons. The van der Waals surface area contributed by atoms with Crippen molar-refractivity contribution >= 4 is 0 Å². The number of quaternary nitrogens is 1. The van der Waals surface area contributed by atoms with Crippen molar-refractivity contribution in [3.8, 4) is 0 Å². The Morgan fingerprint density at radius 1 is 0.882 bits per heavy atom. The van der Waals surface area contributed by atoms with Crippen molar-refractivity contribution in [1.29, 1.82) is 0 Å². The first-order valence-electron chi connectivity index (χ1n) is 6.74. The minimum absolute atomic E-state index is 0. The molecular weight excluding hydrogens is 321 g/mol. The topological polar surface area (TPSA) is 0 Å². The summed E-state index contributed by atoms with van der Waals surface area (Å²) >= 11 is 0. The van der Waals surface area contributed by atoms with Gasteiger partial charge < -0.3 is 28.5 Å². The maximum absolute atomic E-state index is 3.85.